The lowest BCUT2D eigenvalue weighted by molar-refractivity contribution is 0.915. The lowest BCUT2D eigenvalue weighted by Gasteiger charge is -2.16. The molecule has 0 unspecified atom stereocenters. The molecule has 0 atom stereocenters. The Morgan fingerprint density at radius 2 is 1.90 bits per heavy atom. The minimum Gasteiger partial charge on any atom is -0.399 e. The molecule has 0 radical (unpaired) electrons. The van der Waals surface area contributed by atoms with E-state index in [1.807, 2.05) is 43.3 Å². The Bertz CT molecular complexity index is 658. The Kier molecular flexibility index (Phi) is 3.86. The molecule has 3 rings (SSSR count). The van der Waals surface area contributed by atoms with E-state index >= 15 is 0 Å². The topological polar surface area (TPSA) is 55.0 Å². The molecule has 0 saturated carbocycles. The number of anilines is 2. The van der Waals surface area contributed by atoms with E-state index in [2.05, 4.69) is 20.9 Å². The van der Waals surface area contributed by atoms with Crippen molar-refractivity contribution in [3.63, 3.8) is 0 Å². The quantitative estimate of drug-likeness (QED) is 0.878. The minimum absolute atomic E-state index is 0.749. The second-order valence-electron chi connectivity index (χ2n) is 5.42. The fraction of sp³-hybridized carbons (Fsp3) is 0.294. The summed E-state index contributed by atoms with van der Waals surface area (Å²) in [5, 5.41) is 0. The normalized spacial score (nSPS) is 15.0. The predicted octanol–water partition coefficient (Wildman–Crippen LogP) is 3.14. The highest BCUT2D eigenvalue weighted by Gasteiger charge is 2.14. The summed E-state index contributed by atoms with van der Waals surface area (Å²) in [7, 11) is 0. The number of nitrogens with zero attached hydrogens (tertiary/aromatic N) is 3. The number of benzene rings is 1. The molecular weight excluding hydrogens is 260 g/mol. The van der Waals surface area contributed by atoms with Gasteiger partial charge in [0.15, 0.2) is 5.82 Å². The molecule has 108 valence electrons. The summed E-state index contributed by atoms with van der Waals surface area (Å²) in [4.78, 5) is 11.5. The molecule has 0 spiro atoms. The van der Waals surface area contributed by atoms with E-state index in [1.165, 1.54) is 12.8 Å². The van der Waals surface area contributed by atoms with Gasteiger partial charge >= 0.3 is 0 Å². The molecule has 2 aromatic rings. The third-order valence-corrected chi connectivity index (χ3v) is 3.62. The summed E-state index contributed by atoms with van der Waals surface area (Å²) >= 11 is 0. The van der Waals surface area contributed by atoms with E-state index in [1.54, 1.807) is 0 Å². The third-order valence-electron chi connectivity index (χ3n) is 3.62. The highest BCUT2D eigenvalue weighted by molar-refractivity contribution is 5.69. The van der Waals surface area contributed by atoms with Crippen molar-refractivity contribution in [1.82, 2.24) is 9.97 Å². The van der Waals surface area contributed by atoms with Crippen LogP contribution in [0.3, 0.4) is 0 Å². The van der Waals surface area contributed by atoms with Crippen LogP contribution in [0.15, 0.2) is 30.3 Å². The Hall–Kier alpha value is -2.36. The molecule has 1 fully saturated rings. The Morgan fingerprint density at radius 3 is 2.67 bits per heavy atom. The van der Waals surface area contributed by atoms with Crippen LogP contribution < -0.4 is 10.6 Å². The zero-order chi connectivity index (χ0) is 14.7. The molecule has 0 bridgehead atoms. The molecule has 21 heavy (non-hydrogen) atoms. The Balaban J connectivity index is 1.84. The highest BCUT2D eigenvalue weighted by atomic mass is 15.2. The van der Waals surface area contributed by atoms with Crippen molar-refractivity contribution in [2.24, 2.45) is 0 Å². The van der Waals surface area contributed by atoms with Crippen molar-refractivity contribution in [2.75, 3.05) is 23.7 Å². The maximum Gasteiger partial charge on any atom is 0.154 e. The van der Waals surface area contributed by atoms with Crippen LogP contribution in [0.1, 0.15) is 29.9 Å². The van der Waals surface area contributed by atoms with Crippen molar-refractivity contribution >= 4 is 23.7 Å². The lowest BCUT2D eigenvalue weighted by atomic mass is 10.2. The van der Waals surface area contributed by atoms with E-state index in [9.17, 15) is 0 Å². The summed E-state index contributed by atoms with van der Waals surface area (Å²) in [5.74, 6) is 1.78. The van der Waals surface area contributed by atoms with Gasteiger partial charge in [0.1, 0.15) is 5.82 Å². The molecule has 1 aromatic carbocycles. The van der Waals surface area contributed by atoms with Crippen LogP contribution in [0.4, 0.5) is 11.5 Å². The molecule has 1 aliphatic rings. The van der Waals surface area contributed by atoms with Gasteiger partial charge in [-0.25, -0.2) is 9.97 Å². The molecular formula is C17H20N4. The third kappa shape index (κ3) is 3.40. The van der Waals surface area contributed by atoms with Crippen LogP contribution in [0.2, 0.25) is 0 Å². The zero-order valence-electron chi connectivity index (χ0n) is 12.3. The standard InChI is InChI=1S/C17H20N4/c1-13-11-17(21-9-2-3-10-21)20-16(19-13)8-7-14-5-4-6-15(18)12-14/h4-8,11-12H,2-3,9-10,18H2,1H3/b8-7+. The van der Waals surface area contributed by atoms with Gasteiger partial charge in [0.05, 0.1) is 0 Å². The smallest absolute Gasteiger partial charge is 0.154 e. The van der Waals surface area contributed by atoms with Crippen molar-refractivity contribution < 1.29 is 0 Å². The summed E-state index contributed by atoms with van der Waals surface area (Å²) in [6, 6.07) is 9.84. The van der Waals surface area contributed by atoms with Gasteiger partial charge in [-0.15, -0.1) is 0 Å². The summed E-state index contributed by atoms with van der Waals surface area (Å²) in [6.45, 7) is 4.20. The van der Waals surface area contributed by atoms with Gasteiger partial charge in [0.25, 0.3) is 0 Å². The second-order valence-corrected chi connectivity index (χ2v) is 5.42. The average molecular weight is 280 g/mol. The molecule has 1 aliphatic heterocycles. The molecule has 4 heteroatoms. The van der Waals surface area contributed by atoms with Crippen LogP contribution in [0.25, 0.3) is 12.2 Å². The largest absolute Gasteiger partial charge is 0.399 e. The first-order chi connectivity index (χ1) is 10.2. The molecule has 0 amide bonds. The predicted molar refractivity (Wildman–Crippen MR) is 88.0 cm³/mol. The van der Waals surface area contributed by atoms with Gasteiger partial charge in [-0.2, -0.15) is 0 Å². The van der Waals surface area contributed by atoms with Gasteiger partial charge < -0.3 is 10.6 Å². The molecule has 4 nitrogen and oxygen atoms in total. The SMILES string of the molecule is Cc1cc(N2CCCC2)nc(/C=C/c2cccc(N)c2)n1. The highest BCUT2D eigenvalue weighted by Crippen LogP contribution is 2.19. The Morgan fingerprint density at radius 1 is 1.10 bits per heavy atom. The van der Waals surface area contributed by atoms with Crippen LogP contribution >= 0.6 is 0 Å². The van der Waals surface area contributed by atoms with E-state index in [4.69, 9.17) is 5.73 Å². The maximum atomic E-state index is 5.79. The number of aryl methyl sites for hydroxylation is 1. The van der Waals surface area contributed by atoms with E-state index in [0.29, 0.717) is 0 Å². The van der Waals surface area contributed by atoms with Crippen molar-refractivity contribution in [3.8, 4) is 0 Å². The number of aromatic nitrogens is 2. The number of nitrogen functional groups attached to an aromatic ring is 1. The van der Waals surface area contributed by atoms with Crippen LogP contribution in [0.5, 0.6) is 0 Å². The van der Waals surface area contributed by atoms with Gasteiger partial charge in [-0.1, -0.05) is 18.2 Å². The summed E-state index contributed by atoms with van der Waals surface area (Å²) < 4.78 is 0. The fourth-order valence-corrected chi connectivity index (χ4v) is 2.59. The number of rotatable bonds is 3. The first-order valence-electron chi connectivity index (χ1n) is 7.35. The average Bonchev–Trinajstić information content (AvgIpc) is 2.99. The van der Waals surface area contributed by atoms with E-state index in [0.717, 1.165) is 41.7 Å². The molecule has 2 heterocycles. The van der Waals surface area contributed by atoms with Gasteiger partial charge in [0.2, 0.25) is 0 Å². The summed E-state index contributed by atoms with van der Waals surface area (Å²) in [5.41, 5.74) is 8.61. The molecule has 2 N–H and O–H groups in total. The number of hydrogen-bond donors (Lipinski definition) is 1. The van der Waals surface area contributed by atoms with Crippen molar-refractivity contribution in [1.29, 1.82) is 0 Å². The van der Waals surface area contributed by atoms with Crippen LogP contribution in [0, 0.1) is 6.92 Å². The van der Waals surface area contributed by atoms with E-state index in [-0.39, 0.29) is 0 Å². The van der Waals surface area contributed by atoms with Gasteiger partial charge in [-0.05, 0) is 43.5 Å². The molecule has 1 aromatic heterocycles. The molecule has 1 saturated heterocycles. The van der Waals surface area contributed by atoms with Crippen LogP contribution in [-0.4, -0.2) is 23.1 Å². The zero-order valence-corrected chi connectivity index (χ0v) is 12.3. The van der Waals surface area contributed by atoms with Gasteiger partial charge in [0, 0.05) is 30.5 Å². The minimum atomic E-state index is 0.749. The monoisotopic (exact) mass is 280 g/mol. The van der Waals surface area contributed by atoms with E-state index < -0.39 is 0 Å². The number of hydrogen-bond acceptors (Lipinski definition) is 4. The van der Waals surface area contributed by atoms with Crippen molar-refractivity contribution in [3.05, 3.63) is 47.4 Å². The fourth-order valence-electron chi connectivity index (χ4n) is 2.59. The summed E-state index contributed by atoms with van der Waals surface area (Å²) in [6.07, 6.45) is 6.44. The lowest BCUT2D eigenvalue weighted by Crippen LogP contribution is -2.19. The molecule has 0 aliphatic carbocycles. The first kappa shape index (κ1) is 13.6. The first-order valence-corrected chi connectivity index (χ1v) is 7.35. The second kappa shape index (κ2) is 5.95. The maximum absolute atomic E-state index is 5.79. The van der Waals surface area contributed by atoms with Crippen molar-refractivity contribution in [2.45, 2.75) is 19.8 Å². The Labute approximate surface area is 125 Å². The van der Waals surface area contributed by atoms with Crippen LogP contribution in [-0.2, 0) is 0 Å². The number of nitrogens with two attached hydrogens (primary N) is 1. The van der Waals surface area contributed by atoms with Gasteiger partial charge in [-0.3, -0.25) is 0 Å².